The van der Waals surface area contributed by atoms with Gasteiger partial charge in [-0.1, -0.05) is 33.1 Å². The van der Waals surface area contributed by atoms with Crippen LogP contribution in [0.2, 0.25) is 0 Å². The van der Waals surface area contributed by atoms with Crippen LogP contribution in [0.15, 0.2) is 0 Å². The summed E-state index contributed by atoms with van der Waals surface area (Å²) in [6.07, 6.45) is 5.88. The van der Waals surface area contributed by atoms with Gasteiger partial charge in [-0.15, -0.1) is 0 Å². The molecule has 0 spiro atoms. The van der Waals surface area contributed by atoms with Crippen LogP contribution >= 0.6 is 0 Å². The number of hydrogen-bond donors (Lipinski definition) is 2. The van der Waals surface area contributed by atoms with Crippen LogP contribution < -0.4 is 5.32 Å². The van der Waals surface area contributed by atoms with E-state index in [1.807, 2.05) is 4.90 Å². The Morgan fingerprint density at radius 2 is 2.06 bits per heavy atom. The number of carbonyl (C=O) groups excluding carboxylic acids is 1. The van der Waals surface area contributed by atoms with Crippen LogP contribution in [-0.4, -0.2) is 41.8 Å². The summed E-state index contributed by atoms with van der Waals surface area (Å²) in [5, 5.41) is 12.8. The number of rotatable bonds is 8. The van der Waals surface area contributed by atoms with Crippen molar-refractivity contribution in [3.05, 3.63) is 0 Å². The van der Waals surface area contributed by atoms with E-state index in [9.17, 15) is 9.90 Å². The van der Waals surface area contributed by atoms with Crippen molar-refractivity contribution in [1.29, 1.82) is 0 Å². The van der Waals surface area contributed by atoms with Gasteiger partial charge in [-0.25, -0.2) is 0 Å². The molecule has 2 unspecified atom stereocenters. The Bertz CT molecular complexity index is 246. The van der Waals surface area contributed by atoms with Gasteiger partial charge in [0, 0.05) is 19.6 Å². The van der Waals surface area contributed by atoms with Crippen LogP contribution in [0.4, 0.5) is 0 Å². The molecule has 0 radical (unpaired) electrons. The van der Waals surface area contributed by atoms with E-state index in [1.54, 1.807) is 0 Å². The molecule has 1 fully saturated rings. The van der Waals surface area contributed by atoms with Crippen LogP contribution in [0.1, 0.15) is 52.4 Å². The Labute approximate surface area is 111 Å². The summed E-state index contributed by atoms with van der Waals surface area (Å²) in [5.41, 5.74) is 0. The fourth-order valence-corrected chi connectivity index (χ4v) is 2.51. The summed E-state index contributed by atoms with van der Waals surface area (Å²) in [5.74, 6) is 0.0851. The van der Waals surface area contributed by atoms with E-state index in [0.29, 0.717) is 13.0 Å². The van der Waals surface area contributed by atoms with Gasteiger partial charge in [0.1, 0.15) is 6.23 Å². The monoisotopic (exact) mass is 256 g/mol. The Morgan fingerprint density at radius 3 is 2.72 bits per heavy atom. The molecule has 0 bridgehead atoms. The van der Waals surface area contributed by atoms with Crippen LogP contribution in [0.25, 0.3) is 0 Å². The van der Waals surface area contributed by atoms with Crippen LogP contribution in [0.3, 0.4) is 0 Å². The van der Waals surface area contributed by atoms with Crippen LogP contribution in [-0.2, 0) is 4.79 Å². The Morgan fingerprint density at radius 1 is 1.28 bits per heavy atom. The lowest BCUT2D eigenvalue weighted by molar-refractivity contribution is -0.124. The number of amides is 1. The smallest absolute Gasteiger partial charge is 0.224 e. The van der Waals surface area contributed by atoms with Gasteiger partial charge >= 0.3 is 0 Å². The quantitative estimate of drug-likeness (QED) is 0.650. The molecule has 0 aromatic heterocycles. The van der Waals surface area contributed by atoms with Crippen molar-refractivity contribution >= 4 is 5.91 Å². The van der Waals surface area contributed by atoms with E-state index in [2.05, 4.69) is 19.2 Å². The number of hydrogen-bond acceptors (Lipinski definition) is 3. The second-order valence-corrected chi connectivity index (χ2v) is 5.26. The lowest BCUT2D eigenvalue weighted by Gasteiger charge is -2.18. The summed E-state index contributed by atoms with van der Waals surface area (Å²) >= 11 is 0. The highest BCUT2D eigenvalue weighted by Gasteiger charge is 2.33. The molecule has 2 atom stereocenters. The summed E-state index contributed by atoms with van der Waals surface area (Å²) in [4.78, 5) is 13.9. The topological polar surface area (TPSA) is 52.6 Å². The molecule has 0 aliphatic carbocycles. The summed E-state index contributed by atoms with van der Waals surface area (Å²) < 4.78 is 0. The van der Waals surface area contributed by atoms with E-state index in [1.165, 1.54) is 19.3 Å². The highest BCUT2D eigenvalue weighted by Crippen LogP contribution is 2.21. The van der Waals surface area contributed by atoms with Gasteiger partial charge in [0.25, 0.3) is 0 Å². The van der Waals surface area contributed by atoms with Crippen molar-refractivity contribution in [1.82, 2.24) is 10.2 Å². The Hall–Kier alpha value is -0.610. The van der Waals surface area contributed by atoms with Gasteiger partial charge in [0.2, 0.25) is 5.91 Å². The van der Waals surface area contributed by atoms with Crippen molar-refractivity contribution in [2.24, 2.45) is 5.92 Å². The minimum atomic E-state index is -0.430. The molecular formula is C14H28N2O2. The average molecular weight is 256 g/mol. The minimum Gasteiger partial charge on any atom is -0.378 e. The van der Waals surface area contributed by atoms with Gasteiger partial charge in [-0.3, -0.25) is 9.69 Å². The summed E-state index contributed by atoms with van der Waals surface area (Å²) in [6, 6.07) is 0. The molecule has 4 nitrogen and oxygen atoms in total. The molecule has 1 saturated heterocycles. The number of likely N-dealkylation sites (tertiary alicyclic amines) is 1. The second-order valence-electron chi connectivity index (χ2n) is 5.26. The molecule has 0 aromatic rings. The average Bonchev–Trinajstić information content (AvgIpc) is 2.71. The Kier molecular flexibility index (Phi) is 7.28. The normalized spacial score (nSPS) is 24.4. The number of aliphatic hydroxyl groups is 1. The van der Waals surface area contributed by atoms with Gasteiger partial charge in [0.05, 0.1) is 5.92 Å². The molecule has 2 N–H and O–H groups in total. The summed E-state index contributed by atoms with van der Waals surface area (Å²) in [6.45, 7) is 6.63. The van der Waals surface area contributed by atoms with E-state index >= 15 is 0 Å². The van der Waals surface area contributed by atoms with Crippen molar-refractivity contribution < 1.29 is 9.90 Å². The zero-order valence-electron chi connectivity index (χ0n) is 11.8. The minimum absolute atomic E-state index is 0.0299. The first kappa shape index (κ1) is 15.4. The number of aliphatic hydroxyl groups excluding tert-OH is 1. The van der Waals surface area contributed by atoms with Crippen molar-refractivity contribution in [2.75, 3.05) is 19.6 Å². The molecule has 1 rings (SSSR count). The molecule has 0 saturated carbocycles. The van der Waals surface area contributed by atoms with Crippen molar-refractivity contribution in [3.63, 3.8) is 0 Å². The first-order chi connectivity index (χ1) is 8.69. The van der Waals surface area contributed by atoms with E-state index in [-0.39, 0.29) is 11.8 Å². The highest BCUT2D eigenvalue weighted by atomic mass is 16.3. The molecule has 18 heavy (non-hydrogen) atoms. The van der Waals surface area contributed by atoms with Gasteiger partial charge in [-0.2, -0.15) is 0 Å². The van der Waals surface area contributed by atoms with Crippen LogP contribution in [0.5, 0.6) is 0 Å². The van der Waals surface area contributed by atoms with Crippen molar-refractivity contribution in [2.45, 2.75) is 58.6 Å². The molecule has 4 heteroatoms. The third-order valence-corrected chi connectivity index (χ3v) is 3.58. The first-order valence-corrected chi connectivity index (χ1v) is 7.38. The molecule has 0 aromatic carbocycles. The number of nitrogens with one attached hydrogen (secondary N) is 1. The van der Waals surface area contributed by atoms with Crippen molar-refractivity contribution in [3.8, 4) is 0 Å². The molecule has 1 aliphatic rings. The largest absolute Gasteiger partial charge is 0.378 e. The predicted octanol–water partition coefficient (Wildman–Crippen LogP) is 1.73. The number of nitrogens with zero attached hydrogens (tertiary/aromatic N) is 1. The second kappa shape index (κ2) is 8.48. The van der Waals surface area contributed by atoms with Gasteiger partial charge < -0.3 is 10.4 Å². The lowest BCUT2D eigenvalue weighted by Crippen LogP contribution is -2.34. The zero-order valence-corrected chi connectivity index (χ0v) is 11.8. The highest BCUT2D eigenvalue weighted by molar-refractivity contribution is 5.79. The van der Waals surface area contributed by atoms with E-state index in [0.717, 1.165) is 25.9 Å². The van der Waals surface area contributed by atoms with E-state index < -0.39 is 6.23 Å². The molecule has 1 aliphatic heterocycles. The summed E-state index contributed by atoms with van der Waals surface area (Å²) in [7, 11) is 0. The SMILES string of the molecule is CCCCCCNC(=O)C1CC(O)N(CCC)C1. The van der Waals surface area contributed by atoms with Crippen LogP contribution in [0, 0.1) is 5.92 Å². The predicted molar refractivity (Wildman–Crippen MR) is 73.1 cm³/mol. The maximum absolute atomic E-state index is 11.9. The molecular weight excluding hydrogens is 228 g/mol. The molecule has 1 heterocycles. The fraction of sp³-hybridized carbons (Fsp3) is 0.929. The maximum Gasteiger partial charge on any atom is 0.224 e. The fourth-order valence-electron chi connectivity index (χ4n) is 2.51. The number of carbonyl (C=O) groups is 1. The first-order valence-electron chi connectivity index (χ1n) is 7.38. The third kappa shape index (κ3) is 4.94. The standard InChI is InChI=1S/C14H28N2O2/c1-3-5-6-7-8-15-14(18)12-10-13(17)16(11-12)9-4-2/h12-13,17H,3-11H2,1-2H3,(H,15,18). The zero-order chi connectivity index (χ0) is 13.4. The Balaban J connectivity index is 2.18. The number of unbranched alkanes of at least 4 members (excludes halogenated alkanes) is 3. The third-order valence-electron chi connectivity index (χ3n) is 3.58. The molecule has 1 amide bonds. The van der Waals surface area contributed by atoms with Gasteiger partial charge in [-0.05, 0) is 19.3 Å². The molecule has 106 valence electrons. The lowest BCUT2D eigenvalue weighted by atomic mass is 10.1. The van der Waals surface area contributed by atoms with Gasteiger partial charge in [0.15, 0.2) is 0 Å². The maximum atomic E-state index is 11.9. The van der Waals surface area contributed by atoms with E-state index in [4.69, 9.17) is 0 Å².